The molecule has 3 aromatic rings. The van der Waals surface area contributed by atoms with Crippen LogP contribution < -0.4 is 5.11 Å². The molecule has 0 unspecified atom stereocenters. The Morgan fingerprint density at radius 1 is 0.571 bits per heavy atom. The van der Waals surface area contributed by atoms with Crippen molar-refractivity contribution >= 4 is 10.9 Å². The molecule has 0 N–H and O–H groups in total. The van der Waals surface area contributed by atoms with E-state index in [1.54, 1.807) is 6.07 Å². The zero-order valence-electron chi connectivity index (χ0n) is 17.7. The van der Waals surface area contributed by atoms with E-state index >= 15 is 0 Å². The standard InChI is InChI=1S/C26H30OS/c1-25(2,3)19-11-15-21(16-12-19)28(24-10-8-7-9-23(24)27)22-17-13-20(14-18-22)26(4,5)6/h7-18H,1-6H3. The van der Waals surface area contributed by atoms with Crippen molar-refractivity contribution in [1.82, 2.24) is 0 Å². The monoisotopic (exact) mass is 390 g/mol. The Kier molecular flexibility index (Phi) is 5.63. The average molecular weight is 391 g/mol. The Labute approximate surface area is 172 Å². The lowest BCUT2D eigenvalue weighted by Crippen LogP contribution is -2.13. The second-order valence-electron chi connectivity index (χ2n) is 9.30. The number of benzene rings is 3. The fraction of sp³-hybridized carbons (Fsp3) is 0.308. The van der Waals surface area contributed by atoms with Crippen molar-refractivity contribution in [3.05, 3.63) is 83.9 Å². The molecule has 28 heavy (non-hydrogen) atoms. The first-order chi connectivity index (χ1) is 13.1. The van der Waals surface area contributed by atoms with Crippen molar-refractivity contribution in [3.8, 4) is 5.75 Å². The van der Waals surface area contributed by atoms with Gasteiger partial charge in [0.2, 0.25) is 0 Å². The maximum absolute atomic E-state index is 12.7. The van der Waals surface area contributed by atoms with Crippen LogP contribution in [0.5, 0.6) is 5.75 Å². The van der Waals surface area contributed by atoms with Crippen LogP contribution in [0.25, 0.3) is 0 Å². The first-order valence-electron chi connectivity index (χ1n) is 9.79. The van der Waals surface area contributed by atoms with Gasteiger partial charge in [-0.3, -0.25) is 0 Å². The molecule has 0 bridgehead atoms. The van der Waals surface area contributed by atoms with E-state index in [0.29, 0.717) is 0 Å². The third-order valence-electron chi connectivity index (χ3n) is 4.98. The average Bonchev–Trinajstić information content (AvgIpc) is 2.63. The van der Waals surface area contributed by atoms with Gasteiger partial charge in [0.25, 0.3) is 0 Å². The van der Waals surface area contributed by atoms with Crippen LogP contribution in [0, 0.1) is 0 Å². The van der Waals surface area contributed by atoms with Crippen LogP contribution in [-0.2, 0) is 21.7 Å². The van der Waals surface area contributed by atoms with Gasteiger partial charge in [-0.05, 0) is 52.3 Å². The minimum Gasteiger partial charge on any atom is -0.869 e. The van der Waals surface area contributed by atoms with E-state index in [1.807, 2.05) is 18.2 Å². The predicted molar refractivity (Wildman–Crippen MR) is 118 cm³/mol. The van der Waals surface area contributed by atoms with Gasteiger partial charge in [0.05, 0.1) is 10.9 Å². The Hall–Kier alpha value is -2.19. The Morgan fingerprint density at radius 3 is 1.32 bits per heavy atom. The van der Waals surface area contributed by atoms with Gasteiger partial charge in [-0.2, -0.15) is 0 Å². The molecule has 146 valence electrons. The van der Waals surface area contributed by atoms with Gasteiger partial charge in [0.1, 0.15) is 0 Å². The lowest BCUT2D eigenvalue weighted by atomic mass is 9.87. The quantitative estimate of drug-likeness (QED) is 0.471. The summed E-state index contributed by atoms with van der Waals surface area (Å²) >= 11 is 0. The molecule has 0 amide bonds. The van der Waals surface area contributed by atoms with Crippen LogP contribution in [-0.4, -0.2) is 0 Å². The van der Waals surface area contributed by atoms with Gasteiger partial charge in [-0.1, -0.05) is 89.8 Å². The molecular formula is C26H30OS. The topological polar surface area (TPSA) is 23.1 Å². The van der Waals surface area contributed by atoms with E-state index in [4.69, 9.17) is 0 Å². The molecule has 0 radical (unpaired) electrons. The normalized spacial score (nSPS) is 12.4. The summed E-state index contributed by atoms with van der Waals surface area (Å²) in [5, 5.41) is 12.7. The molecule has 3 aromatic carbocycles. The van der Waals surface area contributed by atoms with Crippen molar-refractivity contribution in [1.29, 1.82) is 0 Å². The fourth-order valence-corrected chi connectivity index (χ4v) is 5.27. The number of para-hydroxylation sites is 1. The number of hydrogen-bond acceptors (Lipinski definition) is 1. The summed E-state index contributed by atoms with van der Waals surface area (Å²) in [7, 11) is -0.409. The molecule has 0 aliphatic carbocycles. The number of hydrogen-bond donors (Lipinski definition) is 0. The summed E-state index contributed by atoms with van der Waals surface area (Å²) in [5.41, 5.74) is 2.83. The lowest BCUT2D eigenvalue weighted by molar-refractivity contribution is -0.272. The molecule has 3 rings (SSSR count). The highest BCUT2D eigenvalue weighted by Gasteiger charge is 2.30. The van der Waals surface area contributed by atoms with Crippen molar-refractivity contribution in [2.24, 2.45) is 0 Å². The summed E-state index contributed by atoms with van der Waals surface area (Å²) in [6.07, 6.45) is 0. The van der Waals surface area contributed by atoms with Crippen LogP contribution in [0.1, 0.15) is 52.7 Å². The second-order valence-corrected chi connectivity index (χ2v) is 11.3. The van der Waals surface area contributed by atoms with Crippen LogP contribution >= 0.6 is 0 Å². The summed E-state index contributed by atoms with van der Waals surface area (Å²) in [6, 6.07) is 25.0. The predicted octanol–water partition coefficient (Wildman–Crippen LogP) is 6.45. The second kappa shape index (κ2) is 7.67. The van der Waals surface area contributed by atoms with Crippen molar-refractivity contribution in [2.45, 2.75) is 67.1 Å². The van der Waals surface area contributed by atoms with E-state index in [0.717, 1.165) is 4.90 Å². The molecule has 0 aliphatic heterocycles. The minimum atomic E-state index is -0.409. The van der Waals surface area contributed by atoms with E-state index in [-0.39, 0.29) is 16.6 Å². The fourth-order valence-electron chi connectivity index (χ4n) is 3.19. The van der Waals surface area contributed by atoms with Crippen LogP contribution in [0.3, 0.4) is 0 Å². The van der Waals surface area contributed by atoms with Gasteiger partial charge >= 0.3 is 0 Å². The summed E-state index contributed by atoms with van der Waals surface area (Å²) in [4.78, 5) is 3.22. The Bertz CT molecular complexity index is 868. The largest absolute Gasteiger partial charge is 0.869 e. The maximum atomic E-state index is 12.7. The summed E-state index contributed by atoms with van der Waals surface area (Å²) in [6.45, 7) is 13.3. The molecule has 0 saturated heterocycles. The van der Waals surface area contributed by atoms with Crippen LogP contribution in [0.4, 0.5) is 0 Å². The Balaban J connectivity index is 2.10. The molecule has 2 heteroatoms. The summed E-state index contributed by atoms with van der Waals surface area (Å²) < 4.78 is 0. The molecule has 0 saturated carbocycles. The highest BCUT2D eigenvalue weighted by atomic mass is 32.2. The Morgan fingerprint density at radius 2 is 0.964 bits per heavy atom. The molecule has 0 spiro atoms. The molecule has 0 fully saturated rings. The van der Waals surface area contributed by atoms with E-state index in [9.17, 15) is 5.11 Å². The minimum absolute atomic E-state index is 0.102. The van der Waals surface area contributed by atoms with Crippen molar-refractivity contribution in [2.75, 3.05) is 0 Å². The van der Waals surface area contributed by atoms with Crippen molar-refractivity contribution in [3.63, 3.8) is 0 Å². The maximum Gasteiger partial charge on any atom is 0.166 e. The molecule has 0 aliphatic rings. The SMILES string of the molecule is CC(C)(C)c1ccc([S+](c2ccc(C(C)(C)C)cc2)c2ccccc2[O-])cc1. The molecule has 0 atom stereocenters. The third-order valence-corrected chi connectivity index (χ3v) is 7.25. The van der Waals surface area contributed by atoms with Gasteiger partial charge in [-0.15, -0.1) is 0 Å². The van der Waals surface area contributed by atoms with Gasteiger partial charge in [0.15, 0.2) is 14.7 Å². The van der Waals surface area contributed by atoms with E-state index in [1.165, 1.54) is 20.9 Å². The smallest absolute Gasteiger partial charge is 0.166 e. The first-order valence-corrected chi connectivity index (χ1v) is 11.0. The lowest BCUT2D eigenvalue weighted by Gasteiger charge is -2.21. The van der Waals surface area contributed by atoms with Crippen LogP contribution in [0.2, 0.25) is 0 Å². The molecule has 0 heterocycles. The number of rotatable bonds is 3. The third kappa shape index (κ3) is 4.44. The van der Waals surface area contributed by atoms with Crippen LogP contribution in [0.15, 0.2) is 87.5 Å². The van der Waals surface area contributed by atoms with Gasteiger partial charge in [0, 0.05) is 0 Å². The highest BCUT2D eigenvalue weighted by molar-refractivity contribution is 7.97. The molecule has 1 nitrogen and oxygen atoms in total. The van der Waals surface area contributed by atoms with E-state index in [2.05, 4.69) is 90.1 Å². The summed E-state index contributed by atoms with van der Waals surface area (Å²) in [5.74, 6) is 0.102. The zero-order chi connectivity index (χ0) is 20.5. The van der Waals surface area contributed by atoms with Gasteiger partial charge < -0.3 is 5.11 Å². The molecular weight excluding hydrogens is 360 g/mol. The van der Waals surface area contributed by atoms with Crippen molar-refractivity contribution < 1.29 is 5.11 Å². The first kappa shape index (κ1) is 20.5. The highest BCUT2D eigenvalue weighted by Crippen LogP contribution is 2.36. The van der Waals surface area contributed by atoms with E-state index < -0.39 is 10.9 Å². The molecule has 0 aromatic heterocycles. The van der Waals surface area contributed by atoms with Gasteiger partial charge in [-0.25, -0.2) is 0 Å². The zero-order valence-corrected chi connectivity index (χ0v) is 18.6.